The van der Waals surface area contributed by atoms with Gasteiger partial charge in [0.2, 0.25) is 0 Å². The number of carboxylic acid groups (broad SMARTS) is 1. The number of alkyl halides is 2. The quantitative estimate of drug-likeness (QED) is 0.823. The van der Waals surface area contributed by atoms with Crippen molar-refractivity contribution in [2.24, 2.45) is 0 Å². The minimum Gasteiger partial charge on any atom is -0.478 e. The van der Waals surface area contributed by atoms with Crippen LogP contribution in [-0.2, 0) is 15.5 Å². The zero-order chi connectivity index (χ0) is 13.1. The highest BCUT2D eigenvalue weighted by Gasteiger charge is 2.42. The molecule has 0 spiro atoms. The molecule has 17 heavy (non-hydrogen) atoms. The number of ether oxygens (including phenoxy) is 1. The van der Waals surface area contributed by atoms with Crippen molar-refractivity contribution < 1.29 is 28.2 Å². The molecule has 0 bridgehead atoms. The predicted molar refractivity (Wildman–Crippen MR) is 53.9 cm³/mol. The highest BCUT2D eigenvalue weighted by atomic mass is 19.3. The van der Waals surface area contributed by atoms with Gasteiger partial charge in [0.1, 0.15) is 0 Å². The fraction of sp³-hybridized carbons (Fsp3) is 0.273. The molecule has 4 nitrogen and oxygen atoms in total. The van der Waals surface area contributed by atoms with Crippen molar-refractivity contribution in [3.63, 3.8) is 0 Å². The molecule has 92 valence electrons. The van der Waals surface area contributed by atoms with Gasteiger partial charge in [-0.25, -0.2) is 9.59 Å². The van der Waals surface area contributed by atoms with Gasteiger partial charge in [-0.15, -0.1) is 0 Å². The maximum atomic E-state index is 13.5. The van der Waals surface area contributed by atoms with Gasteiger partial charge in [-0.2, -0.15) is 8.78 Å². The molecule has 0 radical (unpaired) electrons. The summed E-state index contributed by atoms with van der Waals surface area (Å²) in [6, 6.07) is 4.03. The largest absolute Gasteiger partial charge is 0.478 e. The highest BCUT2D eigenvalue weighted by molar-refractivity contribution is 5.88. The van der Waals surface area contributed by atoms with E-state index in [-0.39, 0.29) is 12.2 Å². The molecular weight excluding hydrogens is 234 g/mol. The number of carbonyl (C=O) groups is 2. The number of carbonyl (C=O) groups excluding carboxylic acids is 1. The van der Waals surface area contributed by atoms with Crippen molar-refractivity contribution in [3.05, 3.63) is 35.4 Å². The fourth-order valence-electron chi connectivity index (χ4n) is 1.19. The first kappa shape index (κ1) is 13.1. The highest BCUT2D eigenvalue weighted by Crippen LogP contribution is 2.29. The molecule has 1 N–H and O–H groups in total. The zero-order valence-electron chi connectivity index (χ0n) is 8.94. The van der Waals surface area contributed by atoms with Crippen LogP contribution in [0.5, 0.6) is 0 Å². The maximum Gasteiger partial charge on any atom is 0.381 e. The lowest BCUT2D eigenvalue weighted by Crippen LogP contribution is -2.28. The lowest BCUT2D eigenvalue weighted by atomic mass is 10.1. The third-order valence-corrected chi connectivity index (χ3v) is 2.00. The summed E-state index contributed by atoms with van der Waals surface area (Å²) < 4.78 is 31.3. The summed E-state index contributed by atoms with van der Waals surface area (Å²) in [5.74, 6) is -6.88. The van der Waals surface area contributed by atoms with Crippen LogP contribution in [0.4, 0.5) is 8.78 Å². The van der Waals surface area contributed by atoms with Crippen LogP contribution in [0, 0.1) is 0 Å². The number of carboxylic acids is 1. The number of hydrogen-bond acceptors (Lipinski definition) is 3. The van der Waals surface area contributed by atoms with Crippen molar-refractivity contribution in [1.82, 2.24) is 0 Å². The minimum atomic E-state index is -3.85. The Hall–Kier alpha value is -1.98. The summed E-state index contributed by atoms with van der Waals surface area (Å²) in [4.78, 5) is 21.6. The first-order valence-electron chi connectivity index (χ1n) is 4.78. The molecule has 1 aromatic rings. The molecule has 1 aromatic carbocycles. The topological polar surface area (TPSA) is 63.6 Å². The standard InChI is InChI=1S/C11H10F2O4/c1-2-17-10(16)11(12,13)8-5-3-4-7(6-8)9(14)15/h3-6H,2H2,1H3,(H,14,15). The second-order valence-corrected chi connectivity index (χ2v) is 3.18. The van der Waals surface area contributed by atoms with Gasteiger partial charge in [-0.05, 0) is 19.1 Å². The first-order chi connectivity index (χ1) is 7.89. The van der Waals surface area contributed by atoms with E-state index in [4.69, 9.17) is 5.11 Å². The number of hydrogen-bond donors (Lipinski definition) is 1. The molecular formula is C11H10F2O4. The molecule has 0 aromatic heterocycles. The van der Waals surface area contributed by atoms with Crippen LogP contribution in [0.25, 0.3) is 0 Å². The Morgan fingerprint density at radius 3 is 2.59 bits per heavy atom. The number of esters is 1. The molecule has 0 unspecified atom stereocenters. The fourth-order valence-corrected chi connectivity index (χ4v) is 1.19. The molecule has 0 aliphatic carbocycles. The SMILES string of the molecule is CCOC(=O)C(F)(F)c1cccc(C(=O)O)c1. The van der Waals surface area contributed by atoms with Crippen LogP contribution < -0.4 is 0 Å². The van der Waals surface area contributed by atoms with E-state index in [9.17, 15) is 18.4 Å². The smallest absolute Gasteiger partial charge is 0.381 e. The van der Waals surface area contributed by atoms with Gasteiger partial charge >= 0.3 is 17.9 Å². The van der Waals surface area contributed by atoms with Gasteiger partial charge in [0.05, 0.1) is 12.2 Å². The van der Waals surface area contributed by atoms with Crippen molar-refractivity contribution in [2.45, 2.75) is 12.8 Å². The van der Waals surface area contributed by atoms with Crippen LogP contribution in [0.2, 0.25) is 0 Å². The summed E-state index contributed by atoms with van der Waals surface area (Å²) in [7, 11) is 0. The Labute approximate surface area is 95.8 Å². The zero-order valence-corrected chi connectivity index (χ0v) is 8.94. The number of benzene rings is 1. The van der Waals surface area contributed by atoms with Crippen molar-refractivity contribution >= 4 is 11.9 Å². The molecule has 0 aliphatic heterocycles. The van der Waals surface area contributed by atoms with Gasteiger partial charge in [-0.3, -0.25) is 0 Å². The minimum absolute atomic E-state index is 0.174. The van der Waals surface area contributed by atoms with Crippen LogP contribution in [0.15, 0.2) is 24.3 Å². The van der Waals surface area contributed by atoms with Crippen LogP contribution in [-0.4, -0.2) is 23.7 Å². The number of aromatic carboxylic acids is 1. The second kappa shape index (κ2) is 4.90. The molecule has 1 rings (SSSR count). The van der Waals surface area contributed by atoms with Crippen LogP contribution in [0.3, 0.4) is 0 Å². The Balaban J connectivity index is 3.10. The Bertz CT molecular complexity index is 443. The van der Waals surface area contributed by atoms with Gasteiger partial charge in [0.15, 0.2) is 0 Å². The number of rotatable bonds is 4. The van der Waals surface area contributed by atoms with E-state index in [1.54, 1.807) is 0 Å². The van der Waals surface area contributed by atoms with E-state index in [0.29, 0.717) is 0 Å². The summed E-state index contributed by atoms with van der Waals surface area (Å²) in [6.07, 6.45) is 0. The molecule has 0 aliphatic rings. The van der Waals surface area contributed by atoms with Crippen LogP contribution in [0.1, 0.15) is 22.8 Å². The predicted octanol–water partition coefficient (Wildman–Crippen LogP) is 2.04. The van der Waals surface area contributed by atoms with E-state index in [1.807, 2.05) is 0 Å². The summed E-state index contributed by atoms with van der Waals surface area (Å²) in [5.41, 5.74) is -1.01. The molecule has 6 heteroatoms. The normalized spacial score (nSPS) is 11.0. The van der Waals surface area contributed by atoms with E-state index in [1.165, 1.54) is 6.92 Å². The summed E-state index contributed by atoms with van der Waals surface area (Å²) in [6.45, 7) is 1.23. The third kappa shape index (κ3) is 2.77. The Morgan fingerprint density at radius 2 is 2.06 bits per heavy atom. The van der Waals surface area contributed by atoms with Crippen molar-refractivity contribution in [1.29, 1.82) is 0 Å². The Kier molecular flexibility index (Phi) is 3.77. The van der Waals surface area contributed by atoms with E-state index in [2.05, 4.69) is 4.74 Å². The van der Waals surface area contributed by atoms with E-state index >= 15 is 0 Å². The van der Waals surface area contributed by atoms with Gasteiger partial charge in [0, 0.05) is 5.56 Å². The molecule has 0 atom stereocenters. The van der Waals surface area contributed by atoms with E-state index < -0.39 is 23.4 Å². The average molecular weight is 244 g/mol. The summed E-state index contributed by atoms with van der Waals surface area (Å²) in [5, 5.41) is 8.66. The maximum absolute atomic E-state index is 13.5. The average Bonchev–Trinajstić information content (AvgIpc) is 2.29. The lowest BCUT2D eigenvalue weighted by Gasteiger charge is -2.15. The molecule has 0 amide bonds. The van der Waals surface area contributed by atoms with Crippen LogP contribution >= 0.6 is 0 Å². The van der Waals surface area contributed by atoms with E-state index in [0.717, 1.165) is 24.3 Å². The second-order valence-electron chi connectivity index (χ2n) is 3.18. The Morgan fingerprint density at radius 1 is 1.41 bits per heavy atom. The van der Waals surface area contributed by atoms with Gasteiger partial charge in [-0.1, -0.05) is 12.1 Å². The lowest BCUT2D eigenvalue weighted by molar-refractivity contribution is -0.173. The molecule has 0 saturated heterocycles. The molecule has 0 fully saturated rings. The van der Waals surface area contributed by atoms with Gasteiger partial charge in [0.25, 0.3) is 0 Å². The van der Waals surface area contributed by atoms with Crippen molar-refractivity contribution in [3.8, 4) is 0 Å². The summed E-state index contributed by atoms with van der Waals surface area (Å²) >= 11 is 0. The molecule has 0 saturated carbocycles. The molecule has 0 heterocycles. The number of halogens is 2. The third-order valence-electron chi connectivity index (χ3n) is 2.00. The monoisotopic (exact) mass is 244 g/mol. The first-order valence-corrected chi connectivity index (χ1v) is 4.78. The van der Waals surface area contributed by atoms with Gasteiger partial charge < -0.3 is 9.84 Å². The van der Waals surface area contributed by atoms with Crippen molar-refractivity contribution in [2.75, 3.05) is 6.61 Å².